The van der Waals surface area contributed by atoms with Crippen LogP contribution in [0.2, 0.25) is 0 Å². The minimum atomic E-state index is -0.637. The van der Waals surface area contributed by atoms with Crippen molar-refractivity contribution < 1.29 is 14.9 Å². The molecule has 130 valence electrons. The van der Waals surface area contributed by atoms with Gasteiger partial charge >= 0.3 is 0 Å². The number of aliphatic hydroxyl groups excluding tert-OH is 2. The fourth-order valence-corrected chi connectivity index (χ4v) is 2.53. The molecule has 0 saturated heterocycles. The summed E-state index contributed by atoms with van der Waals surface area (Å²) in [6.07, 6.45) is -0.637. The molecule has 0 bridgehead atoms. The predicted molar refractivity (Wildman–Crippen MR) is 97.8 cm³/mol. The summed E-state index contributed by atoms with van der Waals surface area (Å²) < 4.78 is 5.68. The Morgan fingerprint density at radius 3 is 2.25 bits per heavy atom. The number of nitrogens with zero attached hydrogens (tertiary/aromatic N) is 1. The summed E-state index contributed by atoms with van der Waals surface area (Å²) in [6, 6.07) is 17.7. The quantitative estimate of drug-likeness (QED) is 0.742. The Morgan fingerprint density at radius 1 is 1.00 bits per heavy atom. The second-order valence-electron chi connectivity index (χ2n) is 6.19. The highest BCUT2D eigenvalue weighted by Gasteiger charge is 2.13. The van der Waals surface area contributed by atoms with Gasteiger partial charge in [-0.25, -0.2) is 0 Å². The van der Waals surface area contributed by atoms with Crippen molar-refractivity contribution in [3.63, 3.8) is 0 Å². The topological polar surface area (TPSA) is 52.9 Å². The molecule has 0 aliphatic heterocycles. The molecule has 2 rings (SSSR count). The Hall–Kier alpha value is -2.04. The van der Waals surface area contributed by atoms with Crippen LogP contribution < -0.4 is 9.64 Å². The summed E-state index contributed by atoms with van der Waals surface area (Å²) in [5.74, 6) is 1.24. The molecule has 1 unspecified atom stereocenters. The van der Waals surface area contributed by atoms with E-state index in [2.05, 4.69) is 26.0 Å². The van der Waals surface area contributed by atoms with Gasteiger partial charge in [-0.1, -0.05) is 44.2 Å². The van der Waals surface area contributed by atoms with Crippen LogP contribution in [0, 0.1) is 0 Å². The van der Waals surface area contributed by atoms with Gasteiger partial charge in [0.2, 0.25) is 0 Å². The maximum Gasteiger partial charge on any atom is 0.119 e. The molecule has 2 N–H and O–H groups in total. The van der Waals surface area contributed by atoms with Crippen molar-refractivity contribution in [2.75, 3.05) is 31.2 Å². The van der Waals surface area contributed by atoms with Gasteiger partial charge in [-0.05, 0) is 35.7 Å². The first-order valence-corrected chi connectivity index (χ1v) is 8.42. The molecule has 4 nitrogen and oxygen atoms in total. The van der Waals surface area contributed by atoms with Crippen LogP contribution in [-0.2, 0) is 0 Å². The lowest BCUT2D eigenvalue weighted by Gasteiger charge is -2.26. The first-order chi connectivity index (χ1) is 11.6. The molecule has 0 saturated carbocycles. The van der Waals surface area contributed by atoms with Gasteiger partial charge in [0.25, 0.3) is 0 Å². The molecular weight excluding hydrogens is 302 g/mol. The van der Waals surface area contributed by atoms with Gasteiger partial charge in [-0.3, -0.25) is 0 Å². The molecule has 2 aromatic rings. The van der Waals surface area contributed by atoms with Crippen LogP contribution in [-0.4, -0.2) is 42.6 Å². The first-order valence-electron chi connectivity index (χ1n) is 8.42. The van der Waals surface area contributed by atoms with Crippen molar-refractivity contribution in [1.82, 2.24) is 0 Å². The zero-order valence-corrected chi connectivity index (χ0v) is 14.4. The number of hydrogen-bond acceptors (Lipinski definition) is 4. The maximum absolute atomic E-state index is 10.3. The first kappa shape index (κ1) is 18.3. The highest BCUT2D eigenvalue weighted by molar-refractivity contribution is 5.46. The van der Waals surface area contributed by atoms with Crippen molar-refractivity contribution in [1.29, 1.82) is 0 Å². The predicted octanol–water partition coefficient (Wildman–Crippen LogP) is 3.05. The summed E-state index contributed by atoms with van der Waals surface area (Å²) in [6.45, 7) is 5.45. The van der Waals surface area contributed by atoms with Gasteiger partial charge in [0.15, 0.2) is 0 Å². The molecule has 0 aliphatic rings. The number of ether oxygens (including phenoxy) is 1. The van der Waals surface area contributed by atoms with E-state index in [1.807, 2.05) is 47.4 Å². The van der Waals surface area contributed by atoms with Gasteiger partial charge in [0.05, 0.1) is 6.61 Å². The molecule has 0 aromatic heterocycles. The zero-order chi connectivity index (χ0) is 17.4. The normalized spacial score (nSPS) is 12.2. The molecule has 0 amide bonds. The summed E-state index contributed by atoms with van der Waals surface area (Å²) >= 11 is 0. The van der Waals surface area contributed by atoms with E-state index in [1.54, 1.807) is 0 Å². The number of aliphatic hydroxyl groups is 2. The number of hydrogen-bond donors (Lipinski definition) is 2. The standard InChI is InChI=1S/C20H27NO3/c1-16(2)17-8-10-20(11-9-17)24-15-19(23)14-21(12-13-22)18-6-4-3-5-7-18/h3-11,16,19,22-23H,12-15H2,1-2H3. The van der Waals surface area contributed by atoms with E-state index in [9.17, 15) is 10.2 Å². The molecule has 0 fully saturated rings. The van der Waals surface area contributed by atoms with Gasteiger partial charge in [-0.2, -0.15) is 0 Å². The third kappa shape index (κ3) is 5.55. The molecule has 1 atom stereocenters. The SMILES string of the molecule is CC(C)c1ccc(OCC(O)CN(CCO)c2ccccc2)cc1. The highest BCUT2D eigenvalue weighted by atomic mass is 16.5. The van der Waals surface area contributed by atoms with Crippen molar-refractivity contribution in [3.8, 4) is 5.75 Å². The molecule has 0 radical (unpaired) electrons. The van der Waals surface area contributed by atoms with Crippen molar-refractivity contribution >= 4 is 5.69 Å². The molecular formula is C20H27NO3. The van der Waals surface area contributed by atoms with Gasteiger partial charge in [-0.15, -0.1) is 0 Å². The molecule has 0 heterocycles. The Bertz CT molecular complexity index is 584. The van der Waals surface area contributed by atoms with Crippen LogP contribution in [0.3, 0.4) is 0 Å². The Balaban J connectivity index is 1.87. The molecule has 0 aliphatic carbocycles. The minimum Gasteiger partial charge on any atom is -0.491 e. The molecule has 24 heavy (non-hydrogen) atoms. The van der Waals surface area contributed by atoms with E-state index in [0.29, 0.717) is 19.0 Å². The lowest BCUT2D eigenvalue weighted by atomic mass is 10.0. The number of anilines is 1. The number of para-hydroxylation sites is 1. The molecule has 0 spiro atoms. The lowest BCUT2D eigenvalue weighted by molar-refractivity contribution is 0.111. The van der Waals surface area contributed by atoms with Crippen molar-refractivity contribution in [2.24, 2.45) is 0 Å². The lowest BCUT2D eigenvalue weighted by Crippen LogP contribution is -2.37. The smallest absolute Gasteiger partial charge is 0.119 e. The summed E-state index contributed by atoms with van der Waals surface area (Å²) in [5.41, 5.74) is 2.24. The van der Waals surface area contributed by atoms with Crippen LogP contribution in [0.4, 0.5) is 5.69 Å². The third-order valence-corrected chi connectivity index (χ3v) is 3.91. The molecule has 2 aromatic carbocycles. The summed E-state index contributed by atoms with van der Waals surface area (Å²) in [7, 11) is 0. The molecule has 4 heteroatoms. The largest absolute Gasteiger partial charge is 0.491 e. The van der Waals surface area contributed by atoms with E-state index < -0.39 is 6.10 Å². The van der Waals surface area contributed by atoms with Crippen LogP contribution in [0.15, 0.2) is 54.6 Å². The Kier molecular flexibility index (Phi) is 7.09. The van der Waals surface area contributed by atoms with Crippen molar-refractivity contribution in [3.05, 3.63) is 60.2 Å². The van der Waals surface area contributed by atoms with Gasteiger partial charge in [0.1, 0.15) is 18.5 Å². The van der Waals surface area contributed by atoms with E-state index in [1.165, 1.54) is 5.56 Å². The average Bonchev–Trinajstić information content (AvgIpc) is 2.60. The highest BCUT2D eigenvalue weighted by Crippen LogP contribution is 2.19. The maximum atomic E-state index is 10.3. The van der Waals surface area contributed by atoms with E-state index >= 15 is 0 Å². The summed E-state index contributed by atoms with van der Waals surface area (Å²) in [5, 5.41) is 19.5. The fraction of sp³-hybridized carbons (Fsp3) is 0.400. The van der Waals surface area contributed by atoms with E-state index in [0.717, 1.165) is 11.4 Å². The van der Waals surface area contributed by atoms with Crippen LogP contribution >= 0.6 is 0 Å². The Labute approximate surface area is 144 Å². The van der Waals surface area contributed by atoms with Crippen LogP contribution in [0.1, 0.15) is 25.3 Å². The van der Waals surface area contributed by atoms with Crippen LogP contribution in [0.25, 0.3) is 0 Å². The van der Waals surface area contributed by atoms with Gasteiger partial charge < -0.3 is 19.8 Å². The number of rotatable bonds is 9. The Morgan fingerprint density at radius 2 is 1.67 bits per heavy atom. The van der Waals surface area contributed by atoms with E-state index in [-0.39, 0.29) is 13.2 Å². The number of benzene rings is 2. The van der Waals surface area contributed by atoms with Gasteiger partial charge in [0, 0.05) is 18.8 Å². The average molecular weight is 329 g/mol. The fourth-order valence-electron chi connectivity index (χ4n) is 2.53. The second-order valence-corrected chi connectivity index (χ2v) is 6.19. The second kappa shape index (κ2) is 9.30. The van der Waals surface area contributed by atoms with Crippen molar-refractivity contribution in [2.45, 2.75) is 25.9 Å². The van der Waals surface area contributed by atoms with E-state index in [4.69, 9.17) is 4.74 Å². The third-order valence-electron chi connectivity index (χ3n) is 3.91. The zero-order valence-electron chi connectivity index (χ0n) is 14.4. The summed E-state index contributed by atoms with van der Waals surface area (Å²) in [4.78, 5) is 1.95. The minimum absolute atomic E-state index is 0.0408. The monoisotopic (exact) mass is 329 g/mol. The van der Waals surface area contributed by atoms with Crippen LogP contribution in [0.5, 0.6) is 5.75 Å².